The first-order valence-electron chi connectivity index (χ1n) is 5.80. The molecule has 1 atom stereocenters. The smallest absolute Gasteiger partial charge is 0.123 e. The molecule has 1 aromatic rings. The third-order valence-electron chi connectivity index (χ3n) is 2.67. The number of hydrogen-bond acceptors (Lipinski definition) is 3. The highest BCUT2D eigenvalue weighted by atomic mass is 79.9. The van der Waals surface area contributed by atoms with Gasteiger partial charge >= 0.3 is 0 Å². The van der Waals surface area contributed by atoms with E-state index in [1.54, 1.807) is 20.1 Å². The van der Waals surface area contributed by atoms with E-state index >= 15 is 0 Å². The molecule has 5 heteroatoms. The van der Waals surface area contributed by atoms with Gasteiger partial charge in [0.1, 0.15) is 5.82 Å². The first-order chi connectivity index (χ1) is 8.44. The largest absolute Gasteiger partial charge is 0.389 e. The van der Waals surface area contributed by atoms with Crippen molar-refractivity contribution in [2.24, 2.45) is 0 Å². The van der Waals surface area contributed by atoms with Crippen LogP contribution in [0.2, 0.25) is 0 Å². The van der Waals surface area contributed by atoms with Crippen LogP contribution in [0.5, 0.6) is 0 Å². The molecule has 0 saturated carbocycles. The van der Waals surface area contributed by atoms with Crippen LogP contribution in [0.15, 0.2) is 22.7 Å². The van der Waals surface area contributed by atoms with E-state index in [0.717, 1.165) is 10.0 Å². The van der Waals surface area contributed by atoms with Crippen LogP contribution >= 0.6 is 15.9 Å². The summed E-state index contributed by atoms with van der Waals surface area (Å²) in [5.41, 5.74) is 0.00746. The van der Waals surface area contributed by atoms with Crippen LogP contribution in [-0.2, 0) is 11.3 Å². The molecule has 2 N–H and O–H groups in total. The van der Waals surface area contributed by atoms with Gasteiger partial charge in [-0.25, -0.2) is 4.39 Å². The van der Waals surface area contributed by atoms with Crippen LogP contribution in [0.4, 0.5) is 4.39 Å². The molecule has 18 heavy (non-hydrogen) atoms. The Labute approximate surface area is 115 Å². The number of ether oxygens (including phenoxy) is 1. The van der Waals surface area contributed by atoms with E-state index in [0.29, 0.717) is 26.1 Å². The summed E-state index contributed by atoms with van der Waals surface area (Å²) >= 11 is 3.36. The van der Waals surface area contributed by atoms with Gasteiger partial charge in [0.25, 0.3) is 0 Å². The minimum Gasteiger partial charge on any atom is -0.389 e. The number of methoxy groups -OCH3 is 1. The van der Waals surface area contributed by atoms with E-state index in [-0.39, 0.29) is 5.82 Å². The predicted octanol–water partition coefficient (Wildman–Crippen LogP) is 2.47. The van der Waals surface area contributed by atoms with Gasteiger partial charge in [-0.1, -0.05) is 15.9 Å². The van der Waals surface area contributed by atoms with Crippen molar-refractivity contribution >= 4 is 15.9 Å². The summed E-state index contributed by atoms with van der Waals surface area (Å²) in [6.07, 6.45) is 0.556. The molecular weight excluding hydrogens is 301 g/mol. The Bertz CT molecular complexity index is 385. The number of aliphatic hydroxyl groups is 1. The topological polar surface area (TPSA) is 41.5 Å². The molecule has 0 fully saturated rings. The van der Waals surface area contributed by atoms with Crippen molar-refractivity contribution in [3.63, 3.8) is 0 Å². The number of rotatable bonds is 7. The molecule has 0 amide bonds. The maximum absolute atomic E-state index is 13.1. The molecule has 0 aliphatic heterocycles. The predicted molar refractivity (Wildman–Crippen MR) is 72.9 cm³/mol. The van der Waals surface area contributed by atoms with Crippen LogP contribution < -0.4 is 5.32 Å². The third-order valence-corrected chi connectivity index (χ3v) is 3.45. The molecule has 102 valence electrons. The summed E-state index contributed by atoms with van der Waals surface area (Å²) in [7, 11) is 1.60. The van der Waals surface area contributed by atoms with Gasteiger partial charge in [-0.05, 0) is 30.7 Å². The van der Waals surface area contributed by atoms with E-state index < -0.39 is 5.60 Å². The quantitative estimate of drug-likeness (QED) is 0.811. The summed E-state index contributed by atoms with van der Waals surface area (Å²) in [6.45, 7) is 3.19. The molecule has 0 aliphatic rings. The lowest BCUT2D eigenvalue weighted by Gasteiger charge is -2.23. The van der Waals surface area contributed by atoms with Crippen molar-refractivity contribution in [2.45, 2.75) is 25.5 Å². The second-order valence-corrected chi connectivity index (χ2v) is 5.43. The molecule has 0 saturated heterocycles. The number of nitrogens with one attached hydrogen (secondary N) is 1. The van der Waals surface area contributed by atoms with Gasteiger partial charge in [0, 0.05) is 37.7 Å². The van der Waals surface area contributed by atoms with E-state index in [1.807, 2.05) is 0 Å². The van der Waals surface area contributed by atoms with Crippen molar-refractivity contribution in [1.82, 2.24) is 5.32 Å². The highest BCUT2D eigenvalue weighted by Crippen LogP contribution is 2.18. The van der Waals surface area contributed by atoms with Crippen molar-refractivity contribution in [3.8, 4) is 0 Å². The van der Waals surface area contributed by atoms with Crippen LogP contribution in [0.1, 0.15) is 18.9 Å². The average Bonchev–Trinajstić information content (AvgIpc) is 2.31. The zero-order valence-electron chi connectivity index (χ0n) is 10.7. The number of hydrogen-bond donors (Lipinski definition) is 2. The van der Waals surface area contributed by atoms with Gasteiger partial charge in [0.2, 0.25) is 0 Å². The fraction of sp³-hybridized carbons (Fsp3) is 0.538. The standard InChI is InChI=1S/C13H19BrFNO2/c1-13(17,5-6-18-2)9-16-8-10-7-11(15)3-4-12(10)14/h3-4,7,16-17H,5-6,8-9H2,1-2H3. The van der Waals surface area contributed by atoms with Gasteiger partial charge in [0.05, 0.1) is 5.60 Å². The van der Waals surface area contributed by atoms with E-state index in [9.17, 15) is 9.50 Å². The van der Waals surface area contributed by atoms with Crippen molar-refractivity contribution in [1.29, 1.82) is 0 Å². The molecular formula is C13H19BrFNO2. The lowest BCUT2D eigenvalue weighted by atomic mass is 10.0. The fourth-order valence-electron chi connectivity index (χ4n) is 1.56. The van der Waals surface area contributed by atoms with Gasteiger partial charge in [0.15, 0.2) is 0 Å². The molecule has 0 bridgehead atoms. The molecule has 0 aliphatic carbocycles. The van der Waals surface area contributed by atoms with E-state index in [1.165, 1.54) is 12.1 Å². The summed E-state index contributed by atoms with van der Waals surface area (Å²) in [5.74, 6) is -0.263. The zero-order chi connectivity index (χ0) is 13.6. The highest BCUT2D eigenvalue weighted by molar-refractivity contribution is 9.10. The first kappa shape index (κ1) is 15.6. The van der Waals surface area contributed by atoms with Crippen LogP contribution in [-0.4, -0.2) is 31.0 Å². The maximum Gasteiger partial charge on any atom is 0.123 e. The molecule has 1 unspecified atom stereocenters. The Morgan fingerprint density at radius 2 is 2.22 bits per heavy atom. The summed E-state index contributed by atoms with van der Waals surface area (Å²) in [4.78, 5) is 0. The van der Waals surface area contributed by atoms with Crippen LogP contribution in [0.3, 0.4) is 0 Å². The van der Waals surface area contributed by atoms with Gasteiger partial charge in [-0.2, -0.15) is 0 Å². The fourth-order valence-corrected chi connectivity index (χ4v) is 1.94. The first-order valence-corrected chi connectivity index (χ1v) is 6.60. The van der Waals surface area contributed by atoms with Crippen LogP contribution in [0.25, 0.3) is 0 Å². The van der Waals surface area contributed by atoms with Gasteiger partial charge in [-0.15, -0.1) is 0 Å². The minimum atomic E-state index is -0.824. The molecule has 0 radical (unpaired) electrons. The van der Waals surface area contributed by atoms with Gasteiger partial charge in [-0.3, -0.25) is 0 Å². The second-order valence-electron chi connectivity index (χ2n) is 4.58. The Morgan fingerprint density at radius 3 is 2.89 bits per heavy atom. The number of halogens is 2. The monoisotopic (exact) mass is 319 g/mol. The molecule has 0 heterocycles. The molecule has 1 rings (SSSR count). The molecule has 3 nitrogen and oxygen atoms in total. The number of benzene rings is 1. The summed E-state index contributed by atoms with van der Waals surface area (Å²) in [5, 5.41) is 13.1. The third kappa shape index (κ3) is 5.44. The van der Waals surface area contributed by atoms with Crippen molar-refractivity contribution in [2.75, 3.05) is 20.3 Å². The highest BCUT2D eigenvalue weighted by Gasteiger charge is 2.19. The lowest BCUT2D eigenvalue weighted by molar-refractivity contribution is 0.0247. The normalized spacial score (nSPS) is 14.5. The second kappa shape index (κ2) is 7.19. The van der Waals surface area contributed by atoms with Crippen LogP contribution in [0, 0.1) is 5.82 Å². The SMILES string of the molecule is COCCC(C)(O)CNCc1cc(F)ccc1Br. The molecule has 1 aromatic carbocycles. The minimum absolute atomic E-state index is 0.263. The van der Waals surface area contributed by atoms with E-state index in [4.69, 9.17) is 4.74 Å². The molecule has 0 aromatic heterocycles. The summed E-state index contributed by atoms with van der Waals surface area (Å²) in [6, 6.07) is 4.55. The Hall–Kier alpha value is -0.490. The van der Waals surface area contributed by atoms with Crippen molar-refractivity contribution in [3.05, 3.63) is 34.1 Å². The van der Waals surface area contributed by atoms with Gasteiger partial charge < -0.3 is 15.2 Å². The maximum atomic E-state index is 13.1. The summed E-state index contributed by atoms with van der Waals surface area (Å²) < 4.78 is 18.8. The van der Waals surface area contributed by atoms with Crippen molar-refractivity contribution < 1.29 is 14.2 Å². The molecule has 0 spiro atoms. The Kier molecular flexibility index (Phi) is 6.21. The lowest BCUT2D eigenvalue weighted by Crippen LogP contribution is -2.38. The average molecular weight is 320 g/mol. The Morgan fingerprint density at radius 1 is 1.50 bits per heavy atom. The zero-order valence-corrected chi connectivity index (χ0v) is 12.3. The van der Waals surface area contributed by atoms with E-state index in [2.05, 4.69) is 21.2 Å². The Balaban J connectivity index is 2.43.